The van der Waals surface area contributed by atoms with Gasteiger partial charge in [-0.1, -0.05) is 48.0 Å². The van der Waals surface area contributed by atoms with Gasteiger partial charge in [0.05, 0.1) is 19.8 Å². The Balaban J connectivity index is 1.39. The lowest BCUT2D eigenvalue weighted by atomic mass is 9.99. The molecule has 1 saturated heterocycles. The van der Waals surface area contributed by atoms with Crippen LogP contribution < -0.4 is 0 Å². The Morgan fingerprint density at radius 3 is 2.30 bits per heavy atom. The average molecular weight is 433 g/mol. The third-order valence-corrected chi connectivity index (χ3v) is 5.43. The molecular formula is C23H29ClN2O4. The first-order valence-electron chi connectivity index (χ1n) is 10.3. The summed E-state index contributed by atoms with van der Waals surface area (Å²) >= 11 is 6.04. The maximum absolute atomic E-state index is 10.4. The molecule has 30 heavy (non-hydrogen) atoms. The van der Waals surface area contributed by atoms with Gasteiger partial charge < -0.3 is 14.6 Å². The average Bonchev–Trinajstić information content (AvgIpc) is 2.75. The molecule has 0 amide bonds. The normalized spacial score (nSPS) is 15.4. The molecule has 7 heteroatoms. The number of nitrogens with zero attached hydrogens (tertiary/aromatic N) is 2. The van der Waals surface area contributed by atoms with Crippen molar-refractivity contribution in [1.29, 1.82) is 0 Å². The number of hydrogen-bond donors (Lipinski definition) is 1. The fourth-order valence-corrected chi connectivity index (χ4v) is 3.68. The van der Waals surface area contributed by atoms with Crippen molar-refractivity contribution < 1.29 is 19.4 Å². The van der Waals surface area contributed by atoms with E-state index >= 15 is 0 Å². The Labute approximate surface area is 183 Å². The lowest BCUT2D eigenvalue weighted by Crippen LogP contribution is -2.46. The molecule has 2 aromatic carbocycles. The standard InChI is InChI=1S/C23H29ClN2O4/c24-21-7-5-19(6-8-21)22-4-2-1-3-20(22)17-26-11-9-25(10-12-26)13-14-29-15-16-30-18-23(27)28/h1-8H,9-18H2,(H,27,28). The van der Waals surface area contributed by atoms with Crippen LogP contribution in [0.1, 0.15) is 5.56 Å². The van der Waals surface area contributed by atoms with Gasteiger partial charge in [-0.3, -0.25) is 9.80 Å². The van der Waals surface area contributed by atoms with Gasteiger partial charge >= 0.3 is 5.97 Å². The fraction of sp³-hybridized carbons (Fsp3) is 0.435. The molecule has 0 spiro atoms. The lowest BCUT2D eigenvalue weighted by Gasteiger charge is -2.35. The van der Waals surface area contributed by atoms with Crippen molar-refractivity contribution in [2.45, 2.75) is 6.54 Å². The number of benzene rings is 2. The zero-order valence-corrected chi connectivity index (χ0v) is 17.9. The summed E-state index contributed by atoms with van der Waals surface area (Å²) in [5.41, 5.74) is 3.78. The smallest absolute Gasteiger partial charge is 0.329 e. The maximum atomic E-state index is 10.4. The van der Waals surface area contributed by atoms with Crippen LogP contribution in [-0.4, -0.2) is 80.0 Å². The van der Waals surface area contributed by atoms with Crippen LogP contribution in [0.5, 0.6) is 0 Å². The first kappa shape index (κ1) is 22.7. The molecule has 0 radical (unpaired) electrons. The number of carboxylic acids is 1. The highest BCUT2D eigenvalue weighted by Crippen LogP contribution is 2.26. The van der Waals surface area contributed by atoms with Gasteiger partial charge in [0.15, 0.2) is 0 Å². The first-order chi connectivity index (χ1) is 14.6. The Bertz CT molecular complexity index is 792. The molecule has 1 aliphatic heterocycles. The molecule has 0 aromatic heterocycles. The van der Waals surface area contributed by atoms with Gasteiger partial charge in [-0.25, -0.2) is 4.79 Å². The summed E-state index contributed by atoms with van der Waals surface area (Å²) in [5.74, 6) is -0.955. The molecule has 0 bridgehead atoms. The summed E-state index contributed by atoms with van der Waals surface area (Å²) in [6, 6.07) is 16.6. The van der Waals surface area contributed by atoms with Gasteiger partial charge in [0, 0.05) is 44.3 Å². The summed E-state index contributed by atoms with van der Waals surface area (Å²) in [6.07, 6.45) is 0. The second-order valence-corrected chi connectivity index (χ2v) is 7.78. The molecule has 1 heterocycles. The van der Waals surface area contributed by atoms with E-state index in [1.807, 2.05) is 12.1 Å². The molecule has 3 rings (SSSR count). The van der Waals surface area contributed by atoms with Gasteiger partial charge in [-0.15, -0.1) is 0 Å². The van der Waals surface area contributed by atoms with Crippen molar-refractivity contribution in [2.75, 3.05) is 59.2 Å². The third kappa shape index (κ3) is 7.38. The minimum Gasteiger partial charge on any atom is -0.480 e. The summed E-state index contributed by atoms with van der Waals surface area (Å²) in [5, 5.41) is 9.26. The van der Waals surface area contributed by atoms with Crippen molar-refractivity contribution >= 4 is 17.6 Å². The predicted molar refractivity (Wildman–Crippen MR) is 118 cm³/mol. The molecule has 162 valence electrons. The molecule has 0 atom stereocenters. The first-order valence-corrected chi connectivity index (χ1v) is 10.7. The second-order valence-electron chi connectivity index (χ2n) is 7.34. The van der Waals surface area contributed by atoms with Gasteiger partial charge in [-0.2, -0.15) is 0 Å². The highest BCUT2D eigenvalue weighted by Gasteiger charge is 2.18. The zero-order valence-electron chi connectivity index (χ0n) is 17.1. The fourth-order valence-electron chi connectivity index (χ4n) is 3.55. The van der Waals surface area contributed by atoms with E-state index < -0.39 is 5.97 Å². The van der Waals surface area contributed by atoms with E-state index in [2.05, 4.69) is 46.2 Å². The molecule has 0 saturated carbocycles. The number of carboxylic acid groups (broad SMARTS) is 1. The molecule has 1 fully saturated rings. The lowest BCUT2D eigenvalue weighted by molar-refractivity contribution is -0.142. The Morgan fingerprint density at radius 1 is 0.900 bits per heavy atom. The van der Waals surface area contributed by atoms with Crippen LogP contribution >= 0.6 is 11.6 Å². The summed E-state index contributed by atoms with van der Waals surface area (Å²) < 4.78 is 10.5. The van der Waals surface area contributed by atoms with Crippen LogP contribution in [0.3, 0.4) is 0 Å². The van der Waals surface area contributed by atoms with E-state index in [4.69, 9.17) is 26.2 Å². The van der Waals surface area contributed by atoms with Gasteiger partial charge in [0.1, 0.15) is 6.61 Å². The van der Waals surface area contributed by atoms with E-state index in [0.29, 0.717) is 19.8 Å². The number of piperazine rings is 1. The number of ether oxygens (including phenoxy) is 2. The second kappa shape index (κ2) is 12.0. The van der Waals surface area contributed by atoms with Crippen LogP contribution in [0.2, 0.25) is 5.02 Å². The number of aliphatic carboxylic acids is 1. The largest absolute Gasteiger partial charge is 0.480 e. The molecular weight excluding hydrogens is 404 g/mol. The van der Waals surface area contributed by atoms with Gasteiger partial charge in [0.2, 0.25) is 0 Å². The van der Waals surface area contributed by atoms with Crippen molar-refractivity contribution in [3.8, 4) is 11.1 Å². The number of rotatable bonds is 11. The predicted octanol–water partition coefficient (Wildman–Crippen LogP) is 3.24. The minimum absolute atomic E-state index is 0.271. The maximum Gasteiger partial charge on any atom is 0.329 e. The van der Waals surface area contributed by atoms with Crippen LogP contribution in [0.25, 0.3) is 11.1 Å². The SMILES string of the molecule is O=C(O)COCCOCCN1CCN(Cc2ccccc2-c2ccc(Cl)cc2)CC1. The van der Waals surface area contributed by atoms with Crippen LogP contribution in [0, 0.1) is 0 Å². The number of carbonyl (C=O) groups is 1. The van der Waals surface area contributed by atoms with E-state index in [1.54, 1.807) is 0 Å². The highest BCUT2D eigenvalue weighted by molar-refractivity contribution is 6.30. The van der Waals surface area contributed by atoms with E-state index in [9.17, 15) is 4.79 Å². The molecule has 2 aromatic rings. The van der Waals surface area contributed by atoms with Crippen molar-refractivity contribution in [3.63, 3.8) is 0 Å². The monoisotopic (exact) mass is 432 g/mol. The number of halogens is 1. The Kier molecular flexibility index (Phi) is 9.11. The van der Waals surface area contributed by atoms with Gasteiger partial charge in [-0.05, 0) is 28.8 Å². The molecule has 1 N–H and O–H groups in total. The number of hydrogen-bond acceptors (Lipinski definition) is 5. The quantitative estimate of drug-likeness (QED) is 0.550. The van der Waals surface area contributed by atoms with E-state index in [-0.39, 0.29) is 6.61 Å². The van der Waals surface area contributed by atoms with Crippen LogP contribution in [-0.2, 0) is 20.8 Å². The van der Waals surface area contributed by atoms with Crippen LogP contribution in [0.15, 0.2) is 48.5 Å². The Hall–Kier alpha value is -1.96. The van der Waals surface area contributed by atoms with Gasteiger partial charge in [0.25, 0.3) is 0 Å². The summed E-state index contributed by atoms with van der Waals surface area (Å²) in [4.78, 5) is 15.3. The molecule has 1 aliphatic rings. The summed E-state index contributed by atoms with van der Waals surface area (Å²) in [7, 11) is 0. The molecule has 0 aliphatic carbocycles. The highest BCUT2D eigenvalue weighted by atomic mass is 35.5. The topological polar surface area (TPSA) is 62.2 Å². The molecule has 6 nitrogen and oxygen atoms in total. The minimum atomic E-state index is -0.955. The van der Waals surface area contributed by atoms with Crippen molar-refractivity contribution in [1.82, 2.24) is 9.80 Å². The van der Waals surface area contributed by atoms with E-state index in [0.717, 1.165) is 44.3 Å². The van der Waals surface area contributed by atoms with Crippen molar-refractivity contribution in [2.24, 2.45) is 0 Å². The van der Waals surface area contributed by atoms with Crippen LogP contribution in [0.4, 0.5) is 0 Å². The summed E-state index contributed by atoms with van der Waals surface area (Å²) in [6.45, 7) is 7.00. The molecule has 0 unspecified atom stereocenters. The van der Waals surface area contributed by atoms with E-state index in [1.165, 1.54) is 16.7 Å². The third-order valence-electron chi connectivity index (χ3n) is 5.18. The van der Waals surface area contributed by atoms with Crippen molar-refractivity contribution in [3.05, 3.63) is 59.1 Å². The Morgan fingerprint density at radius 2 is 1.57 bits per heavy atom. The zero-order chi connectivity index (χ0) is 21.2.